The molecule has 0 aliphatic rings. The molecule has 0 bridgehead atoms. The summed E-state index contributed by atoms with van der Waals surface area (Å²) in [5.74, 6) is 1.54. The van der Waals surface area contributed by atoms with Crippen LogP contribution in [0, 0.1) is 0 Å². The Balaban J connectivity index is 1.72. The molecule has 0 saturated carbocycles. The van der Waals surface area contributed by atoms with E-state index in [-0.39, 0.29) is 0 Å². The van der Waals surface area contributed by atoms with Gasteiger partial charge in [0.1, 0.15) is 6.33 Å². The maximum atomic E-state index is 5.85. The van der Waals surface area contributed by atoms with Crippen LogP contribution in [0.2, 0.25) is 0 Å². The molecule has 0 saturated heterocycles. The van der Waals surface area contributed by atoms with Crippen molar-refractivity contribution in [3.8, 4) is 11.6 Å². The average molecular weight is 297 g/mol. The van der Waals surface area contributed by atoms with Gasteiger partial charge in [-0.15, -0.1) is 0 Å². The Labute approximate surface area is 124 Å². The Kier molecular flexibility index (Phi) is 2.78. The van der Waals surface area contributed by atoms with Gasteiger partial charge in [-0.3, -0.25) is 5.10 Å². The molecule has 4 aromatic rings. The SMILES string of the molecule is Cn1c(-c2ccc(Sc3ncn[nH]3)o2)nc2ccccc21. The summed E-state index contributed by atoms with van der Waals surface area (Å²) in [5.41, 5.74) is 2.03. The molecule has 4 rings (SSSR count). The van der Waals surface area contributed by atoms with Crippen molar-refractivity contribution in [2.45, 2.75) is 10.2 Å². The third-order valence-electron chi connectivity index (χ3n) is 3.18. The van der Waals surface area contributed by atoms with Gasteiger partial charge in [0, 0.05) is 7.05 Å². The van der Waals surface area contributed by atoms with Crippen molar-refractivity contribution in [3.63, 3.8) is 0 Å². The van der Waals surface area contributed by atoms with Crippen LogP contribution in [-0.2, 0) is 7.05 Å². The van der Waals surface area contributed by atoms with E-state index in [1.54, 1.807) is 0 Å². The largest absolute Gasteiger partial charge is 0.446 e. The quantitative estimate of drug-likeness (QED) is 0.629. The summed E-state index contributed by atoms with van der Waals surface area (Å²) in [5, 5.41) is 8.04. The van der Waals surface area contributed by atoms with Crippen LogP contribution in [-0.4, -0.2) is 24.7 Å². The van der Waals surface area contributed by atoms with Crippen LogP contribution < -0.4 is 0 Å². The molecule has 0 fully saturated rings. The Morgan fingerprint density at radius 3 is 2.90 bits per heavy atom. The van der Waals surface area contributed by atoms with E-state index in [0.717, 1.165) is 27.7 Å². The molecule has 3 heterocycles. The standard InChI is InChI=1S/C14H11N5OS/c1-19-10-5-3-2-4-9(10)17-13(19)11-6-7-12(20-11)21-14-15-8-16-18-14/h2-8H,1H3,(H,15,16,18). The van der Waals surface area contributed by atoms with Crippen molar-refractivity contribution in [1.82, 2.24) is 24.7 Å². The number of aromatic nitrogens is 5. The average Bonchev–Trinajstić information content (AvgIpc) is 3.21. The van der Waals surface area contributed by atoms with Crippen molar-refractivity contribution in [2.24, 2.45) is 7.05 Å². The highest BCUT2D eigenvalue weighted by Gasteiger charge is 2.14. The third kappa shape index (κ3) is 2.11. The minimum absolute atomic E-state index is 0.695. The van der Waals surface area contributed by atoms with Gasteiger partial charge >= 0.3 is 0 Å². The Bertz CT molecular complexity index is 893. The van der Waals surface area contributed by atoms with E-state index in [2.05, 4.69) is 20.2 Å². The van der Waals surface area contributed by atoms with Gasteiger partial charge in [0.2, 0.25) is 0 Å². The second kappa shape index (κ2) is 4.78. The lowest BCUT2D eigenvalue weighted by Gasteiger charge is -1.98. The molecule has 0 aliphatic carbocycles. The van der Waals surface area contributed by atoms with Gasteiger partial charge in [-0.2, -0.15) is 5.10 Å². The van der Waals surface area contributed by atoms with Crippen molar-refractivity contribution < 1.29 is 4.42 Å². The fourth-order valence-electron chi connectivity index (χ4n) is 2.20. The molecule has 6 nitrogen and oxygen atoms in total. The number of fused-ring (bicyclic) bond motifs is 1. The van der Waals surface area contributed by atoms with Gasteiger partial charge in [-0.1, -0.05) is 12.1 Å². The second-order valence-electron chi connectivity index (χ2n) is 4.49. The second-order valence-corrected chi connectivity index (χ2v) is 5.49. The number of hydrogen-bond donors (Lipinski definition) is 1. The van der Waals surface area contributed by atoms with Crippen LogP contribution in [0.4, 0.5) is 0 Å². The summed E-state index contributed by atoms with van der Waals surface area (Å²) >= 11 is 1.39. The zero-order valence-electron chi connectivity index (χ0n) is 11.1. The monoisotopic (exact) mass is 297 g/mol. The summed E-state index contributed by atoms with van der Waals surface area (Å²) in [6.07, 6.45) is 1.47. The first-order valence-electron chi connectivity index (χ1n) is 6.36. The van der Waals surface area contributed by atoms with Gasteiger partial charge in [0.05, 0.1) is 11.0 Å². The van der Waals surface area contributed by atoms with Gasteiger partial charge in [0.25, 0.3) is 0 Å². The van der Waals surface area contributed by atoms with E-state index >= 15 is 0 Å². The predicted molar refractivity (Wildman–Crippen MR) is 78.9 cm³/mol. The minimum Gasteiger partial charge on any atom is -0.446 e. The van der Waals surface area contributed by atoms with E-state index in [4.69, 9.17) is 4.42 Å². The highest BCUT2D eigenvalue weighted by atomic mass is 32.2. The lowest BCUT2D eigenvalue weighted by atomic mass is 10.3. The number of nitrogens with zero attached hydrogens (tertiary/aromatic N) is 4. The summed E-state index contributed by atoms with van der Waals surface area (Å²) in [4.78, 5) is 8.68. The molecule has 0 radical (unpaired) electrons. The lowest BCUT2D eigenvalue weighted by molar-refractivity contribution is 0.482. The van der Waals surface area contributed by atoms with E-state index in [1.165, 1.54) is 18.1 Å². The first-order chi connectivity index (χ1) is 10.3. The molecule has 3 aromatic heterocycles. The van der Waals surface area contributed by atoms with Crippen molar-refractivity contribution >= 4 is 22.8 Å². The molecule has 1 aromatic carbocycles. The van der Waals surface area contributed by atoms with Crippen molar-refractivity contribution in [1.29, 1.82) is 0 Å². The van der Waals surface area contributed by atoms with Gasteiger partial charge in [0.15, 0.2) is 21.8 Å². The Morgan fingerprint density at radius 1 is 1.19 bits per heavy atom. The molecular formula is C14H11N5OS. The van der Waals surface area contributed by atoms with E-state index in [9.17, 15) is 0 Å². The van der Waals surface area contributed by atoms with Crippen LogP contribution >= 0.6 is 11.8 Å². The number of aromatic amines is 1. The molecule has 0 amide bonds. The van der Waals surface area contributed by atoms with Gasteiger partial charge < -0.3 is 8.98 Å². The van der Waals surface area contributed by atoms with E-state index in [0.29, 0.717) is 5.16 Å². The summed E-state index contributed by atoms with van der Waals surface area (Å²) < 4.78 is 7.87. The van der Waals surface area contributed by atoms with Crippen LogP contribution in [0.3, 0.4) is 0 Å². The number of hydrogen-bond acceptors (Lipinski definition) is 5. The van der Waals surface area contributed by atoms with E-state index in [1.807, 2.05) is 48.0 Å². The minimum atomic E-state index is 0.695. The third-order valence-corrected chi connectivity index (χ3v) is 3.99. The topological polar surface area (TPSA) is 72.5 Å². The number of imidazole rings is 1. The first kappa shape index (κ1) is 12.2. The Hall–Kier alpha value is -2.54. The smallest absolute Gasteiger partial charge is 0.191 e. The number of aryl methyl sites for hydroxylation is 1. The van der Waals surface area contributed by atoms with Crippen LogP contribution in [0.25, 0.3) is 22.6 Å². The van der Waals surface area contributed by atoms with Crippen molar-refractivity contribution in [3.05, 3.63) is 42.7 Å². The number of benzene rings is 1. The van der Waals surface area contributed by atoms with Crippen LogP contribution in [0.1, 0.15) is 0 Å². The number of nitrogens with one attached hydrogen (secondary N) is 1. The summed E-state index contributed by atoms with van der Waals surface area (Å²) in [6.45, 7) is 0. The zero-order chi connectivity index (χ0) is 14.2. The molecule has 7 heteroatoms. The van der Waals surface area contributed by atoms with Crippen LogP contribution in [0.5, 0.6) is 0 Å². The number of furan rings is 1. The molecule has 0 atom stereocenters. The number of para-hydroxylation sites is 2. The molecular weight excluding hydrogens is 286 g/mol. The molecule has 0 unspecified atom stereocenters. The maximum absolute atomic E-state index is 5.85. The van der Waals surface area contributed by atoms with Gasteiger partial charge in [-0.05, 0) is 36.0 Å². The molecule has 0 spiro atoms. The highest BCUT2D eigenvalue weighted by molar-refractivity contribution is 7.99. The number of rotatable bonds is 3. The van der Waals surface area contributed by atoms with Crippen LogP contribution in [0.15, 0.2) is 57.4 Å². The fraction of sp³-hybridized carbons (Fsp3) is 0.0714. The van der Waals surface area contributed by atoms with Crippen molar-refractivity contribution in [2.75, 3.05) is 0 Å². The Morgan fingerprint density at radius 2 is 2.10 bits per heavy atom. The normalized spacial score (nSPS) is 11.3. The highest BCUT2D eigenvalue weighted by Crippen LogP contribution is 2.31. The number of H-pyrrole nitrogens is 1. The predicted octanol–water partition coefficient (Wildman–Crippen LogP) is 3.10. The zero-order valence-corrected chi connectivity index (χ0v) is 12.0. The van der Waals surface area contributed by atoms with Gasteiger partial charge in [-0.25, -0.2) is 9.97 Å². The summed E-state index contributed by atoms with van der Waals surface area (Å²) in [7, 11) is 1.98. The fourth-order valence-corrected chi connectivity index (χ4v) is 2.86. The lowest BCUT2D eigenvalue weighted by Crippen LogP contribution is -1.90. The molecule has 104 valence electrons. The molecule has 21 heavy (non-hydrogen) atoms. The summed E-state index contributed by atoms with van der Waals surface area (Å²) in [6, 6.07) is 11.8. The molecule has 1 N–H and O–H groups in total. The first-order valence-corrected chi connectivity index (χ1v) is 7.18. The van der Waals surface area contributed by atoms with E-state index < -0.39 is 0 Å². The maximum Gasteiger partial charge on any atom is 0.191 e. The molecule has 0 aliphatic heterocycles.